The van der Waals surface area contributed by atoms with Crippen molar-refractivity contribution in [2.45, 2.75) is 0 Å². The Balaban J connectivity index is 0. The van der Waals surface area contributed by atoms with Crippen molar-refractivity contribution in [1.82, 2.24) is 0 Å². The molecule has 0 aliphatic heterocycles. The van der Waals surface area contributed by atoms with Crippen LogP contribution in [0.4, 0.5) is 0 Å². The Morgan fingerprint density at radius 2 is 0.714 bits per heavy atom. The number of hydrogen-bond donors (Lipinski definition) is 8. The van der Waals surface area contributed by atoms with Gasteiger partial charge in [0.15, 0.2) is 0 Å². The summed E-state index contributed by atoms with van der Waals surface area (Å²) in [6.07, 6.45) is -2.40. The molecule has 0 atom stereocenters. The molecule has 0 spiro atoms. The molecule has 92 valence electrons. The summed E-state index contributed by atoms with van der Waals surface area (Å²) in [4.78, 5) is 48.3. The summed E-state index contributed by atoms with van der Waals surface area (Å²) in [5, 5.41) is 15.7. The average Bonchev–Trinajstić information content (AvgIpc) is 1.83. The maximum absolute atomic E-state index is 8.05. The number of aliphatic hydroxyl groups excluding tert-OH is 2. The van der Waals surface area contributed by atoms with E-state index in [9.17, 15) is 0 Å². The van der Waals surface area contributed by atoms with Crippen molar-refractivity contribution in [1.29, 1.82) is 0 Å². The molecule has 0 aromatic heterocycles. The molecule has 0 amide bonds. The van der Waals surface area contributed by atoms with Crippen LogP contribution in [0.3, 0.4) is 0 Å². The molecule has 0 saturated heterocycles. The fraction of sp³-hybridized carbons (Fsp3) is 1.00. The summed E-state index contributed by atoms with van der Waals surface area (Å²) in [5.41, 5.74) is 0. The summed E-state index contributed by atoms with van der Waals surface area (Å²) in [6.45, 7) is -10.1. The molecule has 0 aliphatic rings. The van der Waals surface area contributed by atoms with Gasteiger partial charge in [0.05, 0.1) is 0 Å². The van der Waals surface area contributed by atoms with Gasteiger partial charge in [-0.25, -0.2) is 0 Å². The summed E-state index contributed by atoms with van der Waals surface area (Å²) in [6, 6.07) is 0. The van der Waals surface area contributed by atoms with Crippen molar-refractivity contribution in [3.8, 4) is 0 Å². The van der Waals surface area contributed by atoms with Crippen molar-refractivity contribution in [3.05, 3.63) is 0 Å². The van der Waals surface area contributed by atoms with Crippen molar-refractivity contribution >= 4 is 35.8 Å². The van der Waals surface area contributed by atoms with Gasteiger partial charge in [0.2, 0.25) is 0 Å². The van der Waals surface area contributed by atoms with Crippen LogP contribution in [0, 0.1) is 0 Å². The summed E-state index contributed by atoms with van der Waals surface area (Å²) in [7, 11) is 0. The van der Waals surface area contributed by atoms with E-state index in [0.29, 0.717) is 0 Å². The Morgan fingerprint density at radius 1 is 0.643 bits per heavy atom. The molecule has 0 fully saturated rings. The Morgan fingerprint density at radius 3 is 0.714 bits per heavy atom. The van der Waals surface area contributed by atoms with Gasteiger partial charge in [0, 0.05) is 0 Å². The van der Waals surface area contributed by atoms with Crippen LogP contribution in [0.5, 0.6) is 0 Å². The summed E-state index contributed by atoms with van der Waals surface area (Å²) in [5.74, 6) is 0. The average molecular weight is 297 g/mol. The van der Waals surface area contributed by atoms with Gasteiger partial charge >= 0.3 is 88.0 Å². The fourth-order valence-electron chi connectivity index (χ4n) is 0. The Bertz CT molecular complexity index is 150. The van der Waals surface area contributed by atoms with Gasteiger partial charge < -0.3 is 0 Å². The second kappa shape index (κ2) is 4.55. The molecule has 12 heteroatoms. The van der Waals surface area contributed by atoms with Crippen LogP contribution < -0.4 is 0 Å². The van der Waals surface area contributed by atoms with E-state index in [1.165, 1.54) is 0 Å². The van der Waals surface area contributed by atoms with Crippen molar-refractivity contribution < 1.29 is 39.6 Å². The summed E-state index contributed by atoms with van der Waals surface area (Å²) < 4.78 is 0. The van der Waals surface area contributed by atoms with E-state index < -0.39 is 26.0 Å². The first-order valence-electron chi connectivity index (χ1n) is 2.80. The van der Waals surface area contributed by atoms with E-state index in [2.05, 4.69) is 22.5 Å². The van der Waals surface area contributed by atoms with Gasteiger partial charge in [0.25, 0.3) is 0 Å². The third-order valence-corrected chi connectivity index (χ3v) is 2.10. The molecule has 0 heterocycles. The van der Waals surface area contributed by atoms with E-state index in [1.807, 2.05) is 0 Å². The third-order valence-electron chi connectivity index (χ3n) is 0.486. The van der Waals surface area contributed by atoms with Gasteiger partial charge in [-0.1, -0.05) is 0 Å². The minimum absolute atomic E-state index is 1.20. The molecule has 8 nitrogen and oxygen atoms in total. The molecule has 0 rings (SSSR count). The van der Waals surface area contributed by atoms with Crippen LogP contribution in [0.1, 0.15) is 0 Å². The van der Waals surface area contributed by atoms with Crippen LogP contribution in [0.2, 0.25) is 0 Å². The zero-order valence-corrected chi connectivity index (χ0v) is 9.94. The van der Waals surface area contributed by atoms with E-state index >= 15 is 0 Å². The minimum atomic E-state index is -5.05. The molecule has 0 bridgehead atoms. The van der Waals surface area contributed by atoms with Crippen LogP contribution in [-0.2, 0) is 0 Å². The molecule has 14 heavy (non-hydrogen) atoms. The first-order valence-corrected chi connectivity index (χ1v) is 9.17. The number of rotatable bonds is 2. The SMILES string of the molecule is OCP(O)(O)(O)Cl.OCP(O)(O)(O)Cl. The predicted octanol–water partition coefficient (Wildman–Crippen LogP) is -1.27. The first kappa shape index (κ1) is 17.5. The molecule has 0 aromatic rings. The summed E-state index contributed by atoms with van der Waals surface area (Å²) >= 11 is 9.04. The monoisotopic (exact) mass is 296 g/mol. The van der Waals surface area contributed by atoms with Gasteiger partial charge in [-0.15, -0.1) is 0 Å². The van der Waals surface area contributed by atoms with E-state index in [-0.39, 0.29) is 0 Å². The van der Waals surface area contributed by atoms with E-state index in [1.54, 1.807) is 0 Å². The van der Waals surface area contributed by atoms with Crippen LogP contribution in [0.25, 0.3) is 0 Å². The zero-order chi connectivity index (χ0) is 12.3. The van der Waals surface area contributed by atoms with Crippen molar-refractivity contribution in [3.63, 3.8) is 0 Å². The second-order valence-corrected chi connectivity index (χ2v) is 11.2. The first-order chi connectivity index (χ1) is 5.62. The Labute approximate surface area is 88.5 Å². The van der Waals surface area contributed by atoms with E-state index in [0.717, 1.165) is 0 Å². The van der Waals surface area contributed by atoms with Gasteiger partial charge in [-0.05, 0) is 0 Å². The molecule has 0 saturated carbocycles. The standard InChI is InChI=1S/2CH6ClO4P/c2*2-7(4,5,6)1-3/h2*3-6H,1H2. The van der Waals surface area contributed by atoms with Gasteiger partial charge in [-0.3, -0.25) is 0 Å². The molecular weight excluding hydrogens is 285 g/mol. The van der Waals surface area contributed by atoms with Crippen LogP contribution in [-0.4, -0.2) is 52.3 Å². The topological polar surface area (TPSA) is 162 Å². The molecule has 8 N–H and O–H groups in total. The predicted molar refractivity (Wildman–Crippen MR) is 53.0 cm³/mol. The quantitative estimate of drug-likeness (QED) is 0.292. The third kappa shape index (κ3) is 23.2. The van der Waals surface area contributed by atoms with Gasteiger partial charge in [-0.2, -0.15) is 0 Å². The normalized spacial score (nSPS) is 18.1. The van der Waals surface area contributed by atoms with E-state index in [4.69, 9.17) is 39.6 Å². The van der Waals surface area contributed by atoms with Crippen LogP contribution in [0.15, 0.2) is 0 Å². The molecular formula is C2H12Cl2O8P2. The Kier molecular flexibility index (Phi) is 5.69. The second-order valence-electron chi connectivity index (χ2n) is 2.36. The van der Waals surface area contributed by atoms with Gasteiger partial charge in [0.1, 0.15) is 0 Å². The van der Waals surface area contributed by atoms with Crippen LogP contribution >= 0.6 is 35.8 Å². The molecule has 0 radical (unpaired) electrons. The zero-order valence-electron chi connectivity index (χ0n) is 6.64. The van der Waals surface area contributed by atoms with Crippen molar-refractivity contribution in [2.75, 3.05) is 12.7 Å². The fourth-order valence-corrected chi connectivity index (χ4v) is 0. The molecule has 0 aromatic carbocycles. The van der Waals surface area contributed by atoms with Crippen molar-refractivity contribution in [2.24, 2.45) is 0 Å². The number of aliphatic hydroxyl groups is 2. The molecule has 0 aliphatic carbocycles. The molecule has 0 unspecified atom stereocenters. The number of hydrogen-bond acceptors (Lipinski definition) is 8. The Hall–Kier alpha value is 1.12. The number of halogens is 2. The maximum atomic E-state index is 8.05.